The Morgan fingerprint density at radius 1 is 1.05 bits per heavy atom. The molecule has 0 unspecified atom stereocenters. The second-order valence-corrected chi connectivity index (χ2v) is 9.93. The Kier molecular flexibility index (Phi) is 6.99. The highest BCUT2D eigenvalue weighted by Gasteiger charge is 2.33. The van der Waals surface area contributed by atoms with Crippen molar-refractivity contribution >= 4 is 9.84 Å². The maximum absolute atomic E-state index is 12.1. The predicted octanol–water partition coefficient (Wildman–Crippen LogP) is 3.40. The lowest BCUT2D eigenvalue weighted by Crippen LogP contribution is -2.39. The summed E-state index contributed by atoms with van der Waals surface area (Å²) in [5.41, 5.74) is 0.217. The zero-order valence-corrected chi connectivity index (χ0v) is 14.6. The largest absolute Gasteiger partial charge is 0.316 e. The van der Waals surface area contributed by atoms with Crippen LogP contribution in [0.5, 0.6) is 0 Å². The Morgan fingerprint density at radius 2 is 1.65 bits per heavy atom. The zero-order valence-electron chi connectivity index (χ0n) is 13.7. The van der Waals surface area contributed by atoms with E-state index in [4.69, 9.17) is 0 Å². The van der Waals surface area contributed by atoms with Crippen LogP contribution in [0.1, 0.15) is 66.2 Å². The van der Waals surface area contributed by atoms with E-state index in [1.165, 1.54) is 32.1 Å². The van der Waals surface area contributed by atoms with Crippen LogP contribution in [0.15, 0.2) is 0 Å². The van der Waals surface area contributed by atoms with E-state index in [1.54, 1.807) is 13.8 Å². The third-order valence-corrected chi connectivity index (χ3v) is 6.81. The van der Waals surface area contributed by atoms with Gasteiger partial charge in [-0.3, -0.25) is 0 Å². The van der Waals surface area contributed by atoms with Crippen LogP contribution in [-0.4, -0.2) is 32.5 Å². The van der Waals surface area contributed by atoms with Crippen molar-refractivity contribution in [2.75, 3.05) is 18.8 Å². The molecule has 1 N–H and O–H groups in total. The van der Waals surface area contributed by atoms with Gasteiger partial charge in [-0.25, -0.2) is 8.42 Å². The van der Waals surface area contributed by atoms with Gasteiger partial charge < -0.3 is 5.32 Å². The van der Waals surface area contributed by atoms with Gasteiger partial charge in [0.15, 0.2) is 9.84 Å². The standard InChI is InChI=1S/C16H33NO2S/c1-14(2)12-17-13-16(8-6-5-7-9-16)10-11-20(18,19)15(3)4/h14-15,17H,5-13H2,1-4H3. The van der Waals surface area contributed by atoms with E-state index < -0.39 is 9.84 Å². The number of hydrogen-bond donors (Lipinski definition) is 1. The first kappa shape index (κ1) is 18.0. The molecule has 1 aliphatic rings. The molecule has 0 heterocycles. The predicted molar refractivity (Wildman–Crippen MR) is 86.8 cm³/mol. The first-order valence-electron chi connectivity index (χ1n) is 8.20. The van der Waals surface area contributed by atoms with Gasteiger partial charge in [0.25, 0.3) is 0 Å². The van der Waals surface area contributed by atoms with Crippen molar-refractivity contribution in [2.24, 2.45) is 11.3 Å². The molecule has 0 aromatic heterocycles. The van der Waals surface area contributed by atoms with Gasteiger partial charge in [-0.1, -0.05) is 33.1 Å². The molecule has 0 saturated heterocycles. The van der Waals surface area contributed by atoms with Crippen LogP contribution in [-0.2, 0) is 9.84 Å². The fourth-order valence-electron chi connectivity index (χ4n) is 3.04. The molecule has 0 spiro atoms. The van der Waals surface area contributed by atoms with Crippen LogP contribution in [0.3, 0.4) is 0 Å². The fraction of sp³-hybridized carbons (Fsp3) is 1.00. The minimum atomic E-state index is -2.90. The molecule has 0 aliphatic heterocycles. The maximum atomic E-state index is 12.1. The summed E-state index contributed by atoms with van der Waals surface area (Å²) < 4.78 is 24.2. The Hall–Kier alpha value is -0.0900. The van der Waals surface area contributed by atoms with E-state index >= 15 is 0 Å². The zero-order chi connectivity index (χ0) is 15.2. The highest BCUT2D eigenvalue weighted by atomic mass is 32.2. The molecule has 4 heteroatoms. The van der Waals surface area contributed by atoms with Crippen LogP contribution < -0.4 is 5.32 Å². The highest BCUT2D eigenvalue weighted by molar-refractivity contribution is 7.91. The van der Waals surface area contributed by atoms with E-state index in [0.29, 0.717) is 11.7 Å². The van der Waals surface area contributed by atoms with Gasteiger partial charge in [0, 0.05) is 6.54 Å². The molecule has 20 heavy (non-hydrogen) atoms. The van der Waals surface area contributed by atoms with Crippen molar-refractivity contribution in [1.29, 1.82) is 0 Å². The topological polar surface area (TPSA) is 46.2 Å². The lowest BCUT2D eigenvalue weighted by Gasteiger charge is -2.38. The van der Waals surface area contributed by atoms with Crippen molar-refractivity contribution < 1.29 is 8.42 Å². The third-order valence-electron chi connectivity index (χ3n) is 4.60. The molecule has 0 aromatic carbocycles. The molecule has 0 aromatic rings. The average molecular weight is 304 g/mol. The molecule has 0 bridgehead atoms. The van der Waals surface area contributed by atoms with Gasteiger partial charge >= 0.3 is 0 Å². The summed E-state index contributed by atoms with van der Waals surface area (Å²) >= 11 is 0. The van der Waals surface area contributed by atoms with Gasteiger partial charge in [-0.2, -0.15) is 0 Å². The minimum absolute atomic E-state index is 0.217. The van der Waals surface area contributed by atoms with Gasteiger partial charge in [-0.15, -0.1) is 0 Å². The summed E-state index contributed by atoms with van der Waals surface area (Å²) in [6.07, 6.45) is 7.02. The van der Waals surface area contributed by atoms with Crippen molar-refractivity contribution in [3.8, 4) is 0 Å². The van der Waals surface area contributed by atoms with Gasteiger partial charge in [-0.05, 0) is 51.0 Å². The first-order valence-corrected chi connectivity index (χ1v) is 9.91. The quantitative estimate of drug-likeness (QED) is 0.747. The van der Waals surface area contributed by atoms with E-state index in [0.717, 1.165) is 19.5 Å². The van der Waals surface area contributed by atoms with Gasteiger partial charge in [0.1, 0.15) is 0 Å². The lowest BCUT2D eigenvalue weighted by atomic mass is 9.72. The van der Waals surface area contributed by atoms with E-state index in [1.807, 2.05) is 0 Å². The lowest BCUT2D eigenvalue weighted by molar-refractivity contribution is 0.173. The average Bonchev–Trinajstić information content (AvgIpc) is 2.37. The van der Waals surface area contributed by atoms with Crippen LogP contribution in [0.2, 0.25) is 0 Å². The highest BCUT2D eigenvalue weighted by Crippen LogP contribution is 2.39. The number of sulfone groups is 1. The monoisotopic (exact) mass is 303 g/mol. The summed E-state index contributed by atoms with van der Waals surface area (Å²) in [6.45, 7) is 10.0. The third kappa shape index (κ3) is 5.72. The van der Waals surface area contributed by atoms with E-state index in [9.17, 15) is 8.42 Å². The number of nitrogens with one attached hydrogen (secondary N) is 1. The minimum Gasteiger partial charge on any atom is -0.316 e. The summed E-state index contributed by atoms with van der Waals surface area (Å²) in [7, 11) is -2.90. The molecule has 1 saturated carbocycles. The molecule has 0 amide bonds. The Bertz CT molecular complexity index is 368. The van der Waals surface area contributed by atoms with Crippen molar-refractivity contribution in [3.05, 3.63) is 0 Å². The van der Waals surface area contributed by atoms with Crippen molar-refractivity contribution in [3.63, 3.8) is 0 Å². The molecular formula is C16H33NO2S. The van der Waals surface area contributed by atoms with Gasteiger partial charge in [0.05, 0.1) is 11.0 Å². The van der Waals surface area contributed by atoms with Crippen LogP contribution in [0, 0.1) is 11.3 Å². The second-order valence-electron chi connectivity index (χ2n) is 7.25. The smallest absolute Gasteiger partial charge is 0.152 e. The number of rotatable bonds is 8. The van der Waals surface area contributed by atoms with Gasteiger partial charge in [0.2, 0.25) is 0 Å². The SMILES string of the molecule is CC(C)CNCC1(CCS(=O)(=O)C(C)C)CCCCC1. The maximum Gasteiger partial charge on any atom is 0.152 e. The molecular weight excluding hydrogens is 270 g/mol. The Labute approximate surface area is 125 Å². The summed E-state index contributed by atoms with van der Waals surface area (Å²) in [4.78, 5) is 0. The summed E-state index contributed by atoms with van der Waals surface area (Å²) in [5.74, 6) is 1.00. The van der Waals surface area contributed by atoms with Crippen LogP contribution in [0.25, 0.3) is 0 Å². The van der Waals surface area contributed by atoms with Crippen LogP contribution in [0.4, 0.5) is 0 Å². The van der Waals surface area contributed by atoms with Crippen molar-refractivity contribution in [2.45, 2.75) is 71.5 Å². The molecule has 1 rings (SSSR count). The second kappa shape index (κ2) is 7.79. The summed E-state index contributed by atoms with van der Waals surface area (Å²) in [6, 6.07) is 0. The first-order chi connectivity index (χ1) is 9.27. The van der Waals surface area contributed by atoms with Crippen molar-refractivity contribution in [1.82, 2.24) is 5.32 Å². The summed E-state index contributed by atoms with van der Waals surface area (Å²) in [5, 5.41) is 3.32. The molecule has 0 atom stereocenters. The van der Waals surface area contributed by atoms with E-state index in [2.05, 4.69) is 19.2 Å². The normalized spacial score (nSPS) is 19.7. The Morgan fingerprint density at radius 3 is 2.15 bits per heavy atom. The molecule has 3 nitrogen and oxygen atoms in total. The van der Waals surface area contributed by atoms with E-state index in [-0.39, 0.29) is 10.7 Å². The molecule has 120 valence electrons. The van der Waals surface area contributed by atoms with Crippen LogP contribution >= 0.6 is 0 Å². The fourth-order valence-corrected chi connectivity index (χ4v) is 4.23. The number of hydrogen-bond acceptors (Lipinski definition) is 3. The molecule has 1 aliphatic carbocycles. The molecule has 0 radical (unpaired) electrons. The Balaban J connectivity index is 2.59. The molecule has 1 fully saturated rings.